The Morgan fingerprint density at radius 3 is 2.43 bits per heavy atom. The zero-order valence-electron chi connectivity index (χ0n) is 12.1. The molecule has 2 aromatic rings. The van der Waals surface area contributed by atoms with Crippen LogP contribution in [0.3, 0.4) is 0 Å². The van der Waals surface area contributed by atoms with E-state index >= 15 is 0 Å². The van der Waals surface area contributed by atoms with Crippen LogP contribution in [0.1, 0.15) is 12.2 Å². The third-order valence-electron chi connectivity index (χ3n) is 3.61. The van der Waals surface area contributed by atoms with E-state index in [1.807, 2.05) is 24.3 Å². The highest BCUT2D eigenvalue weighted by Crippen LogP contribution is 2.23. The number of aromatic nitrogens is 2. The molecule has 1 N–H and O–H groups in total. The molecule has 0 bridgehead atoms. The van der Waals surface area contributed by atoms with Crippen LogP contribution in [0, 0.1) is 5.92 Å². The molecule has 21 heavy (non-hydrogen) atoms. The highest BCUT2D eigenvalue weighted by Gasteiger charge is 2.16. The van der Waals surface area contributed by atoms with Crippen LogP contribution >= 0.6 is 0 Å². The van der Waals surface area contributed by atoms with Crippen molar-refractivity contribution in [2.75, 3.05) is 20.2 Å². The monoisotopic (exact) mass is 285 g/mol. The topological polar surface area (TPSA) is 56.3 Å². The van der Waals surface area contributed by atoms with Crippen LogP contribution in [0.2, 0.25) is 0 Å². The van der Waals surface area contributed by atoms with E-state index in [1.165, 1.54) is 6.42 Å². The molecule has 1 aliphatic heterocycles. The second kappa shape index (κ2) is 6.54. The molecule has 0 saturated carbocycles. The summed E-state index contributed by atoms with van der Waals surface area (Å²) in [5.41, 5.74) is 0. The van der Waals surface area contributed by atoms with Gasteiger partial charge in [-0.15, -0.1) is 0 Å². The largest absolute Gasteiger partial charge is 0.497 e. The van der Waals surface area contributed by atoms with Gasteiger partial charge < -0.3 is 14.8 Å². The molecule has 5 nitrogen and oxygen atoms in total. The molecule has 1 saturated heterocycles. The molecule has 0 radical (unpaired) electrons. The number of methoxy groups -OCH3 is 1. The Hall–Kier alpha value is -2.14. The first-order valence-corrected chi connectivity index (χ1v) is 7.17. The maximum Gasteiger partial charge on any atom is 0.164 e. The number of benzene rings is 1. The van der Waals surface area contributed by atoms with E-state index in [9.17, 15) is 0 Å². The summed E-state index contributed by atoms with van der Waals surface area (Å²) in [7, 11) is 1.64. The number of hydrogen-bond donors (Lipinski definition) is 1. The van der Waals surface area contributed by atoms with Crippen molar-refractivity contribution in [2.24, 2.45) is 5.92 Å². The Morgan fingerprint density at radius 2 is 1.81 bits per heavy atom. The van der Waals surface area contributed by atoms with Crippen molar-refractivity contribution in [2.45, 2.75) is 12.8 Å². The lowest BCUT2D eigenvalue weighted by atomic mass is 10.1. The van der Waals surface area contributed by atoms with Crippen LogP contribution < -0.4 is 14.8 Å². The van der Waals surface area contributed by atoms with Gasteiger partial charge in [-0.3, -0.25) is 0 Å². The number of rotatable bonds is 5. The third kappa shape index (κ3) is 3.70. The molecule has 1 atom stereocenters. The zero-order valence-corrected chi connectivity index (χ0v) is 12.1. The molecule has 2 heterocycles. The second-order valence-corrected chi connectivity index (χ2v) is 5.18. The van der Waals surface area contributed by atoms with Gasteiger partial charge in [0.1, 0.15) is 17.3 Å². The van der Waals surface area contributed by atoms with E-state index in [0.717, 1.165) is 36.8 Å². The van der Waals surface area contributed by atoms with Gasteiger partial charge in [-0.05, 0) is 49.7 Å². The average Bonchev–Trinajstić information content (AvgIpc) is 3.03. The summed E-state index contributed by atoms with van der Waals surface area (Å²) < 4.78 is 10.8. The van der Waals surface area contributed by atoms with Crippen LogP contribution in [0.5, 0.6) is 17.2 Å². The van der Waals surface area contributed by atoms with Gasteiger partial charge in [0.15, 0.2) is 5.75 Å². The van der Waals surface area contributed by atoms with E-state index in [2.05, 4.69) is 15.3 Å². The maximum absolute atomic E-state index is 5.71. The average molecular weight is 285 g/mol. The van der Waals surface area contributed by atoms with Gasteiger partial charge in [-0.25, -0.2) is 9.97 Å². The smallest absolute Gasteiger partial charge is 0.164 e. The Kier molecular flexibility index (Phi) is 4.31. The summed E-state index contributed by atoms with van der Waals surface area (Å²) in [5, 5.41) is 3.36. The number of nitrogens with zero attached hydrogens (tertiary/aromatic N) is 2. The van der Waals surface area contributed by atoms with Crippen LogP contribution in [0.4, 0.5) is 0 Å². The summed E-state index contributed by atoms with van der Waals surface area (Å²) >= 11 is 0. The molecule has 5 heteroatoms. The summed E-state index contributed by atoms with van der Waals surface area (Å²) in [5.74, 6) is 3.73. The van der Waals surface area contributed by atoms with Crippen LogP contribution in [-0.4, -0.2) is 30.2 Å². The van der Waals surface area contributed by atoms with Crippen molar-refractivity contribution in [1.82, 2.24) is 15.3 Å². The highest BCUT2D eigenvalue weighted by molar-refractivity contribution is 5.33. The lowest BCUT2D eigenvalue weighted by Crippen LogP contribution is -2.12. The quantitative estimate of drug-likeness (QED) is 0.914. The van der Waals surface area contributed by atoms with Gasteiger partial charge in [0.05, 0.1) is 19.5 Å². The van der Waals surface area contributed by atoms with Crippen molar-refractivity contribution in [3.63, 3.8) is 0 Å². The molecule has 3 rings (SSSR count). The fraction of sp³-hybridized carbons (Fsp3) is 0.375. The van der Waals surface area contributed by atoms with Crippen molar-refractivity contribution in [3.8, 4) is 17.2 Å². The van der Waals surface area contributed by atoms with Crippen molar-refractivity contribution in [1.29, 1.82) is 0 Å². The molecule has 0 spiro atoms. The van der Waals surface area contributed by atoms with E-state index in [0.29, 0.717) is 11.7 Å². The number of nitrogens with one attached hydrogen (secondary N) is 1. The first-order chi connectivity index (χ1) is 10.3. The van der Waals surface area contributed by atoms with Crippen LogP contribution in [0.15, 0.2) is 36.7 Å². The minimum atomic E-state index is 0.647. The van der Waals surface area contributed by atoms with Gasteiger partial charge >= 0.3 is 0 Å². The summed E-state index contributed by atoms with van der Waals surface area (Å²) in [4.78, 5) is 8.77. The summed E-state index contributed by atoms with van der Waals surface area (Å²) in [6, 6.07) is 7.43. The van der Waals surface area contributed by atoms with Crippen molar-refractivity contribution >= 4 is 0 Å². The van der Waals surface area contributed by atoms with Crippen LogP contribution in [0.25, 0.3) is 0 Å². The maximum atomic E-state index is 5.71. The lowest BCUT2D eigenvalue weighted by molar-refractivity contribution is 0.412. The lowest BCUT2D eigenvalue weighted by Gasteiger charge is -2.08. The Balaban J connectivity index is 1.60. The molecule has 1 aromatic heterocycles. The fourth-order valence-electron chi connectivity index (χ4n) is 2.43. The number of ether oxygens (including phenoxy) is 2. The molecule has 1 fully saturated rings. The van der Waals surface area contributed by atoms with E-state index in [-0.39, 0.29) is 0 Å². The van der Waals surface area contributed by atoms with Crippen molar-refractivity contribution < 1.29 is 9.47 Å². The van der Waals surface area contributed by atoms with Gasteiger partial charge in [-0.1, -0.05) is 0 Å². The Morgan fingerprint density at radius 1 is 1.10 bits per heavy atom. The highest BCUT2D eigenvalue weighted by atomic mass is 16.5. The predicted molar refractivity (Wildman–Crippen MR) is 79.8 cm³/mol. The van der Waals surface area contributed by atoms with Gasteiger partial charge in [0.2, 0.25) is 0 Å². The molecular formula is C16H19N3O2. The SMILES string of the molecule is COc1ccc(Oc2cnc(CC3CCNC3)nc2)cc1. The van der Waals surface area contributed by atoms with Crippen molar-refractivity contribution in [3.05, 3.63) is 42.5 Å². The molecule has 1 unspecified atom stereocenters. The summed E-state index contributed by atoms with van der Waals surface area (Å²) in [6.45, 7) is 2.16. The molecular weight excluding hydrogens is 266 g/mol. The molecule has 1 aromatic carbocycles. The van der Waals surface area contributed by atoms with E-state index in [1.54, 1.807) is 19.5 Å². The first-order valence-electron chi connectivity index (χ1n) is 7.17. The first kappa shape index (κ1) is 13.8. The Labute approximate surface area is 124 Å². The minimum Gasteiger partial charge on any atom is -0.497 e. The van der Waals surface area contributed by atoms with Gasteiger partial charge in [0.25, 0.3) is 0 Å². The fourth-order valence-corrected chi connectivity index (χ4v) is 2.43. The second-order valence-electron chi connectivity index (χ2n) is 5.18. The van der Waals surface area contributed by atoms with Crippen LogP contribution in [-0.2, 0) is 6.42 Å². The van der Waals surface area contributed by atoms with Gasteiger partial charge in [0, 0.05) is 6.42 Å². The Bertz CT molecular complexity index is 563. The normalized spacial score (nSPS) is 17.7. The third-order valence-corrected chi connectivity index (χ3v) is 3.61. The minimum absolute atomic E-state index is 0.647. The standard InChI is InChI=1S/C16H19N3O2/c1-20-13-2-4-14(5-3-13)21-15-10-18-16(19-11-15)8-12-6-7-17-9-12/h2-5,10-12,17H,6-9H2,1H3. The van der Waals surface area contributed by atoms with E-state index in [4.69, 9.17) is 9.47 Å². The van der Waals surface area contributed by atoms with Gasteiger partial charge in [-0.2, -0.15) is 0 Å². The van der Waals surface area contributed by atoms with E-state index < -0.39 is 0 Å². The molecule has 1 aliphatic rings. The molecule has 0 aliphatic carbocycles. The zero-order chi connectivity index (χ0) is 14.5. The predicted octanol–water partition coefficient (Wildman–Crippen LogP) is 2.43. The molecule has 110 valence electrons. The molecule has 0 amide bonds. The summed E-state index contributed by atoms with van der Waals surface area (Å²) in [6.07, 6.45) is 5.59. The number of hydrogen-bond acceptors (Lipinski definition) is 5.